The lowest BCUT2D eigenvalue weighted by molar-refractivity contribution is -0.142. The maximum Gasteiger partial charge on any atom is 0.306 e. The highest BCUT2D eigenvalue weighted by Crippen LogP contribution is 2.02. The quantitative estimate of drug-likeness (QED) is 0.555. The number of hydrogen-bond acceptors (Lipinski definition) is 4. The SMILES string of the molecule is N#CCOC(=O)CCC/C=C/c1ccccn1. The van der Waals surface area contributed by atoms with E-state index in [1.54, 1.807) is 12.3 Å². The number of carbonyl (C=O) groups excluding carboxylic acids is 1. The largest absolute Gasteiger partial charge is 0.450 e. The number of nitriles is 1. The van der Waals surface area contributed by atoms with Gasteiger partial charge < -0.3 is 4.74 Å². The molecule has 0 radical (unpaired) electrons. The molecule has 0 saturated heterocycles. The Labute approximate surface area is 101 Å². The fourth-order valence-corrected chi connectivity index (χ4v) is 1.23. The summed E-state index contributed by atoms with van der Waals surface area (Å²) in [6.07, 6.45) is 7.47. The summed E-state index contributed by atoms with van der Waals surface area (Å²) in [7, 11) is 0. The predicted molar refractivity (Wildman–Crippen MR) is 63.7 cm³/mol. The van der Waals surface area contributed by atoms with Crippen LogP contribution >= 0.6 is 0 Å². The standard InChI is InChI=1S/C13H14N2O2/c14-9-11-17-13(16)8-3-1-2-6-12-7-4-5-10-15-12/h2,4-7,10H,1,3,8,11H2/b6-2+. The predicted octanol–water partition coefficient (Wildman–Crippen LogP) is 2.33. The Balaban J connectivity index is 2.14. The average Bonchev–Trinajstić information content (AvgIpc) is 2.37. The van der Waals surface area contributed by atoms with Crippen LogP contribution in [0.15, 0.2) is 30.5 Å². The molecular formula is C13H14N2O2. The van der Waals surface area contributed by atoms with Crippen LogP contribution in [0.1, 0.15) is 25.0 Å². The average molecular weight is 230 g/mol. The number of unbranched alkanes of at least 4 members (excludes halogenated alkanes) is 1. The number of ether oxygens (including phenoxy) is 1. The van der Waals surface area contributed by atoms with Gasteiger partial charge in [0, 0.05) is 12.6 Å². The lowest BCUT2D eigenvalue weighted by Gasteiger charge is -1.97. The zero-order valence-corrected chi connectivity index (χ0v) is 9.50. The third-order valence-corrected chi connectivity index (χ3v) is 2.03. The van der Waals surface area contributed by atoms with Crippen LogP contribution in [-0.4, -0.2) is 17.6 Å². The second-order valence-corrected chi connectivity index (χ2v) is 3.37. The zero-order chi connectivity index (χ0) is 12.3. The van der Waals surface area contributed by atoms with Gasteiger partial charge in [-0.2, -0.15) is 5.26 Å². The van der Waals surface area contributed by atoms with Gasteiger partial charge in [0.2, 0.25) is 0 Å². The maximum atomic E-state index is 11.0. The van der Waals surface area contributed by atoms with Gasteiger partial charge in [0.15, 0.2) is 6.61 Å². The Morgan fingerprint density at radius 3 is 3.12 bits per heavy atom. The van der Waals surface area contributed by atoms with Crippen molar-refractivity contribution in [2.24, 2.45) is 0 Å². The third kappa shape index (κ3) is 6.10. The molecule has 0 atom stereocenters. The molecule has 0 aliphatic rings. The number of nitrogens with zero attached hydrogens (tertiary/aromatic N) is 2. The highest BCUT2D eigenvalue weighted by atomic mass is 16.5. The number of pyridine rings is 1. The summed E-state index contributed by atoms with van der Waals surface area (Å²) >= 11 is 0. The van der Waals surface area contributed by atoms with Crippen molar-refractivity contribution >= 4 is 12.0 Å². The van der Waals surface area contributed by atoms with Crippen LogP contribution in [0.25, 0.3) is 6.08 Å². The second-order valence-electron chi connectivity index (χ2n) is 3.37. The second kappa shape index (κ2) is 8.05. The molecule has 0 spiro atoms. The van der Waals surface area contributed by atoms with Gasteiger partial charge in [-0.15, -0.1) is 0 Å². The van der Waals surface area contributed by atoms with Gasteiger partial charge in [0.05, 0.1) is 5.69 Å². The van der Waals surface area contributed by atoms with Crippen LogP contribution in [0.3, 0.4) is 0 Å². The van der Waals surface area contributed by atoms with Gasteiger partial charge in [-0.1, -0.05) is 12.1 Å². The van der Waals surface area contributed by atoms with E-state index in [1.165, 1.54) is 0 Å². The summed E-state index contributed by atoms with van der Waals surface area (Å²) in [4.78, 5) is 15.2. The summed E-state index contributed by atoms with van der Waals surface area (Å²) in [5.41, 5.74) is 0.902. The Hall–Kier alpha value is -2.15. The van der Waals surface area contributed by atoms with Gasteiger partial charge in [-0.25, -0.2) is 0 Å². The highest BCUT2D eigenvalue weighted by Gasteiger charge is 2.00. The Kier molecular flexibility index (Phi) is 6.12. The molecule has 4 heteroatoms. The summed E-state index contributed by atoms with van der Waals surface area (Å²) in [5.74, 6) is -0.321. The van der Waals surface area contributed by atoms with E-state index >= 15 is 0 Å². The van der Waals surface area contributed by atoms with E-state index in [2.05, 4.69) is 9.72 Å². The van der Waals surface area contributed by atoms with Gasteiger partial charge in [0.25, 0.3) is 0 Å². The third-order valence-electron chi connectivity index (χ3n) is 2.03. The van der Waals surface area contributed by atoms with Crippen LogP contribution in [0.5, 0.6) is 0 Å². The van der Waals surface area contributed by atoms with Crippen LogP contribution in [0.4, 0.5) is 0 Å². The maximum absolute atomic E-state index is 11.0. The van der Waals surface area contributed by atoms with E-state index in [0.29, 0.717) is 12.8 Å². The Bertz CT molecular complexity index is 407. The lowest BCUT2D eigenvalue weighted by Crippen LogP contribution is -2.03. The molecule has 1 heterocycles. The smallest absolute Gasteiger partial charge is 0.306 e. The number of carbonyl (C=O) groups is 1. The van der Waals surface area contributed by atoms with E-state index in [0.717, 1.165) is 12.1 Å². The zero-order valence-electron chi connectivity index (χ0n) is 9.50. The lowest BCUT2D eigenvalue weighted by atomic mass is 10.2. The first kappa shape index (κ1) is 12.9. The first-order valence-corrected chi connectivity index (χ1v) is 5.43. The summed E-state index contributed by atoms with van der Waals surface area (Å²) < 4.78 is 4.62. The summed E-state index contributed by atoms with van der Waals surface area (Å²) in [6.45, 7) is -0.164. The molecule has 0 aliphatic carbocycles. The van der Waals surface area contributed by atoms with E-state index in [1.807, 2.05) is 30.4 Å². The number of rotatable bonds is 6. The Morgan fingerprint density at radius 2 is 2.41 bits per heavy atom. The minimum atomic E-state index is -0.321. The topological polar surface area (TPSA) is 63.0 Å². The molecule has 88 valence electrons. The van der Waals surface area contributed by atoms with E-state index in [4.69, 9.17) is 5.26 Å². The van der Waals surface area contributed by atoms with Crippen molar-refractivity contribution in [3.05, 3.63) is 36.2 Å². The molecule has 0 bridgehead atoms. The molecule has 0 fully saturated rings. The van der Waals surface area contributed by atoms with Crippen molar-refractivity contribution < 1.29 is 9.53 Å². The van der Waals surface area contributed by atoms with Crippen molar-refractivity contribution in [1.29, 1.82) is 5.26 Å². The van der Waals surface area contributed by atoms with Gasteiger partial charge in [-0.3, -0.25) is 9.78 Å². The van der Waals surface area contributed by atoms with E-state index < -0.39 is 0 Å². The summed E-state index contributed by atoms with van der Waals surface area (Å²) in [5, 5.41) is 8.21. The molecule has 4 nitrogen and oxygen atoms in total. The van der Waals surface area contributed by atoms with Gasteiger partial charge >= 0.3 is 5.97 Å². The monoisotopic (exact) mass is 230 g/mol. The van der Waals surface area contributed by atoms with E-state index in [-0.39, 0.29) is 12.6 Å². The number of esters is 1. The van der Waals surface area contributed by atoms with Crippen molar-refractivity contribution in [1.82, 2.24) is 4.98 Å². The molecule has 17 heavy (non-hydrogen) atoms. The molecular weight excluding hydrogens is 216 g/mol. The summed E-state index contributed by atoms with van der Waals surface area (Å²) in [6, 6.07) is 7.46. The van der Waals surface area contributed by atoms with Crippen molar-refractivity contribution in [3.63, 3.8) is 0 Å². The minimum Gasteiger partial charge on any atom is -0.450 e. The van der Waals surface area contributed by atoms with Gasteiger partial charge in [0.1, 0.15) is 6.07 Å². The number of hydrogen-bond donors (Lipinski definition) is 0. The fourth-order valence-electron chi connectivity index (χ4n) is 1.23. The van der Waals surface area contributed by atoms with Crippen LogP contribution in [0.2, 0.25) is 0 Å². The molecule has 0 unspecified atom stereocenters. The Morgan fingerprint density at radius 1 is 1.53 bits per heavy atom. The fraction of sp³-hybridized carbons (Fsp3) is 0.308. The number of allylic oxidation sites excluding steroid dienone is 1. The highest BCUT2D eigenvalue weighted by molar-refractivity contribution is 5.69. The van der Waals surface area contributed by atoms with Crippen molar-refractivity contribution in [2.75, 3.05) is 6.61 Å². The van der Waals surface area contributed by atoms with Gasteiger partial charge in [-0.05, 0) is 31.1 Å². The minimum absolute atomic E-state index is 0.164. The first-order chi connectivity index (χ1) is 8.33. The van der Waals surface area contributed by atoms with Crippen LogP contribution in [0, 0.1) is 11.3 Å². The van der Waals surface area contributed by atoms with Crippen molar-refractivity contribution in [2.45, 2.75) is 19.3 Å². The van der Waals surface area contributed by atoms with Crippen molar-refractivity contribution in [3.8, 4) is 6.07 Å². The normalized spacial score (nSPS) is 10.1. The molecule has 1 rings (SSSR count). The molecule has 0 aromatic carbocycles. The first-order valence-electron chi connectivity index (χ1n) is 5.43. The number of aromatic nitrogens is 1. The molecule has 0 saturated carbocycles. The van der Waals surface area contributed by atoms with Crippen LogP contribution < -0.4 is 0 Å². The van der Waals surface area contributed by atoms with E-state index in [9.17, 15) is 4.79 Å². The molecule has 0 amide bonds. The van der Waals surface area contributed by atoms with Crippen LogP contribution in [-0.2, 0) is 9.53 Å². The molecule has 1 aromatic rings. The molecule has 0 N–H and O–H groups in total. The molecule has 1 aromatic heterocycles. The molecule has 0 aliphatic heterocycles.